The van der Waals surface area contributed by atoms with Gasteiger partial charge in [-0.05, 0) is 23.6 Å². The molecule has 0 unspecified atom stereocenters. The first-order valence-corrected chi connectivity index (χ1v) is 5.86. The highest BCUT2D eigenvalue weighted by Gasteiger charge is 2.04. The van der Waals surface area contributed by atoms with Gasteiger partial charge < -0.3 is 5.11 Å². The van der Waals surface area contributed by atoms with Crippen LogP contribution in [-0.2, 0) is 0 Å². The minimum atomic E-state index is -0.998. The van der Waals surface area contributed by atoms with Crippen LogP contribution in [0.5, 0.6) is 0 Å². The number of rotatable bonds is 3. The number of carbonyl (C=O) groups is 1. The molecular formula is C10H7NO2S2. The number of aromatic nitrogens is 1. The number of aromatic carboxylic acids is 1. The van der Waals surface area contributed by atoms with Crippen LogP contribution in [0, 0.1) is 0 Å². The molecule has 1 N–H and O–H groups in total. The third-order valence-corrected chi connectivity index (χ3v) is 3.68. The van der Waals surface area contributed by atoms with Crippen molar-refractivity contribution in [2.45, 2.75) is 9.10 Å². The van der Waals surface area contributed by atoms with Crippen molar-refractivity contribution in [3.8, 4) is 0 Å². The summed E-state index contributed by atoms with van der Waals surface area (Å²) in [7, 11) is 0. The fourth-order valence-corrected chi connectivity index (χ4v) is 2.72. The van der Waals surface area contributed by atoms with Gasteiger partial charge in [0.1, 0.15) is 5.69 Å². The third-order valence-electron chi connectivity index (χ3n) is 1.67. The molecule has 0 saturated heterocycles. The largest absolute Gasteiger partial charge is 0.477 e. The molecule has 15 heavy (non-hydrogen) atoms. The minimum absolute atomic E-state index is 0.0746. The summed E-state index contributed by atoms with van der Waals surface area (Å²) < 4.78 is 1.17. The molecule has 0 aliphatic carbocycles. The van der Waals surface area contributed by atoms with E-state index in [4.69, 9.17) is 5.11 Å². The van der Waals surface area contributed by atoms with E-state index >= 15 is 0 Å². The van der Waals surface area contributed by atoms with Crippen molar-refractivity contribution in [2.75, 3.05) is 0 Å². The van der Waals surface area contributed by atoms with Crippen LogP contribution in [0.1, 0.15) is 10.5 Å². The molecule has 0 aromatic carbocycles. The maximum atomic E-state index is 10.6. The zero-order valence-corrected chi connectivity index (χ0v) is 9.22. The van der Waals surface area contributed by atoms with Crippen LogP contribution < -0.4 is 0 Å². The number of pyridine rings is 1. The summed E-state index contributed by atoms with van der Waals surface area (Å²) in [6.07, 6.45) is 1.58. The van der Waals surface area contributed by atoms with Gasteiger partial charge in [0.15, 0.2) is 0 Å². The standard InChI is InChI=1S/C10H7NO2S2/c12-10(13)8-4-3-7(6-11-8)15-9-2-1-5-14-9/h1-6H,(H,12,13). The fourth-order valence-electron chi connectivity index (χ4n) is 1.00. The molecule has 0 atom stereocenters. The number of carboxylic acid groups (broad SMARTS) is 1. The van der Waals surface area contributed by atoms with Gasteiger partial charge in [0, 0.05) is 11.1 Å². The Balaban J connectivity index is 2.14. The molecular weight excluding hydrogens is 230 g/mol. The van der Waals surface area contributed by atoms with Crippen LogP contribution in [0.25, 0.3) is 0 Å². The first kappa shape index (κ1) is 10.2. The number of nitrogens with zero attached hydrogens (tertiary/aromatic N) is 1. The highest BCUT2D eigenvalue weighted by molar-refractivity contribution is 8.01. The lowest BCUT2D eigenvalue weighted by Crippen LogP contribution is -1.98. The summed E-state index contributed by atoms with van der Waals surface area (Å²) in [6.45, 7) is 0. The average molecular weight is 237 g/mol. The Morgan fingerprint density at radius 2 is 2.27 bits per heavy atom. The second kappa shape index (κ2) is 4.46. The SMILES string of the molecule is O=C(O)c1ccc(Sc2cccs2)cn1. The van der Waals surface area contributed by atoms with E-state index in [0.717, 1.165) is 4.90 Å². The van der Waals surface area contributed by atoms with Crippen molar-refractivity contribution in [2.24, 2.45) is 0 Å². The molecule has 5 heteroatoms. The Labute approximate surface area is 94.8 Å². The highest BCUT2D eigenvalue weighted by Crippen LogP contribution is 2.30. The molecule has 2 aromatic rings. The van der Waals surface area contributed by atoms with E-state index in [1.54, 1.807) is 35.4 Å². The molecule has 0 amide bonds. The van der Waals surface area contributed by atoms with Crippen LogP contribution in [0.3, 0.4) is 0 Å². The number of thiophene rings is 1. The zero-order chi connectivity index (χ0) is 10.7. The fraction of sp³-hybridized carbons (Fsp3) is 0. The lowest BCUT2D eigenvalue weighted by Gasteiger charge is -1.98. The molecule has 0 fully saturated rings. The quantitative estimate of drug-likeness (QED) is 0.891. The van der Waals surface area contributed by atoms with Gasteiger partial charge in [0.2, 0.25) is 0 Å². The van der Waals surface area contributed by atoms with E-state index in [0.29, 0.717) is 0 Å². The minimum Gasteiger partial charge on any atom is -0.477 e. The summed E-state index contributed by atoms with van der Waals surface area (Å²) in [5.74, 6) is -0.998. The van der Waals surface area contributed by atoms with E-state index in [9.17, 15) is 4.79 Å². The van der Waals surface area contributed by atoms with E-state index in [-0.39, 0.29) is 5.69 Å². The van der Waals surface area contributed by atoms with E-state index < -0.39 is 5.97 Å². The van der Waals surface area contributed by atoms with Gasteiger partial charge in [-0.2, -0.15) is 0 Å². The summed E-state index contributed by atoms with van der Waals surface area (Å²) in [5.41, 5.74) is 0.0746. The highest BCUT2D eigenvalue weighted by atomic mass is 32.2. The predicted octanol–water partition coefficient (Wildman–Crippen LogP) is 2.99. The lowest BCUT2D eigenvalue weighted by atomic mass is 10.4. The smallest absolute Gasteiger partial charge is 0.354 e. The van der Waals surface area contributed by atoms with Crippen LogP contribution in [-0.4, -0.2) is 16.1 Å². The van der Waals surface area contributed by atoms with Crippen molar-refractivity contribution < 1.29 is 9.90 Å². The van der Waals surface area contributed by atoms with Gasteiger partial charge in [-0.15, -0.1) is 11.3 Å². The van der Waals surface area contributed by atoms with Crippen LogP contribution in [0.15, 0.2) is 44.9 Å². The summed E-state index contributed by atoms with van der Waals surface area (Å²) >= 11 is 3.22. The molecule has 2 heterocycles. The molecule has 0 bridgehead atoms. The van der Waals surface area contributed by atoms with Gasteiger partial charge in [-0.1, -0.05) is 17.8 Å². The monoisotopic (exact) mass is 237 g/mol. The average Bonchev–Trinajstić information content (AvgIpc) is 2.71. The van der Waals surface area contributed by atoms with Crippen molar-refractivity contribution >= 4 is 29.1 Å². The topological polar surface area (TPSA) is 50.2 Å². The number of hydrogen-bond donors (Lipinski definition) is 1. The molecule has 0 aliphatic rings. The molecule has 3 nitrogen and oxygen atoms in total. The Kier molecular flexibility index (Phi) is 3.03. The number of hydrogen-bond acceptors (Lipinski definition) is 4. The van der Waals surface area contributed by atoms with Crippen LogP contribution >= 0.6 is 23.1 Å². The molecule has 0 aliphatic heterocycles. The summed E-state index contributed by atoms with van der Waals surface area (Å²) in [6, 6.07) is 7.27. The zero-order valence-electron chi connectivity index (χ0n) is 7.58. The molecule has 2 aromatic heterocycles. The maximum Gasteiger partial charge on any atom is 0.354 e. The Bertz CT molecular complexity index is 451. The second-order valence-electron chi connectivity index (χ2n) is 2.72. The van der Waals surface area contributed by atoms with E-state index in [1.807, 2.05) is 17.5 Å². The van der Waals surface area contributed by atoms with E-state index in [2.05, 4.69) is 4.98 Å². The third kappa shape index (κ3) is 2.57. The first-order valence-electron chi connectivity index (χ1n) is 4.16. The normalized spacial score (nSPS) is 10.1. The Morgan fingerprint density at radius 1 is 1.40 bits per heavy atom. The summed E-state index contributed by atoms with van der Waals surface area (Å²) in [5, 5.41) is 10.7. The maximum absolute atomic E-state index is 10.6. The molecule has 0 radical (unpaired) electrons. The van der Waals surface area contributed by atoms with Crippen molar-refractivity contribution in [3.05, 3.63) is 41.5 Å². The lowest BCUT2D eigenvalue weighted by molar-refractivity contribution is 0.0690. The van der Waals surface area contributed by atoms with Crippen molar-refractivity contribution in [1.29, 1.82) is 0 Å². The van der Waals surface area contributed by atoms with Crippen molar-refractivity contribution in [1.82, 2.24) is 4.98 Å². The molecule has 0 saturated carbocycles. The van der Waals surface area contributed by atoms with Crippen molar-refractivity contribution in [3.63, 3.8) is 0 Å². The van der Waals surface area contributed by atoms with Gasteiger partial charge in [0.25, 0.3) is 0 Å². The first-order chi connectivity index (χ1) is 7.25. The van der Waals surface area contributed by atoms with Gasteiger partial charge in [-0.3, -0.25) is 0 Å². The Hall–Kier alpha value is -1.33. The van der Waals surface area contributed by atoms with Gasteiger partial charge in [-0.25, -0.2) is 9.78 Å². The molecule has 0 spiro atoms. The predicted molar refractivity (Wildman–Crippen MR) is 59.6 cm³/mol. The van der Waals surface area contributed by atoms with Crippen LogP contribution in [0.4, 0.5) is 0 Å². The Morgan fingerprint density at radius 3 is 2.80 bits per heavy atom. The number of carboxylic acids is 1. The second-order valence-corrected chi connectivity index (χ2v) is 5.04. The molecule has 2 rings (SSSR count). The van der Waals surface area contributed by atoms with Crippen LogP contribution in [0.2, 0.25) is 0 Å². The van der Waals surface area contributed by atoms with Gasteiger partial charge >= 0.3 is 5.97 Å². The van der Waals surface area contributed by atoms with Gasteiger partial charge in [0.05, 0.1) is 4.21 Å². The summed E-state index contributed by atoms with van der Waals surface area (Å²) in [4.78, 5) is 15.4. The molecule has 76 valence electrons. The van der Waals surface area contributed by atoms with E-state index in [1.165, 1.54) is 10.3 Å².